The molecule has 8 heteroatoms. The van der Waals surface area contributed by atoms with Crippen LogP contribution in [-0.4, -0.2) is 4.98 Å². The number of nitrogens with zero attached hydrogens (tertiary/aromatic N) is 1. The first kappa shape index (κ1) is 16.8. The van der Waals surface area contributed by atoms with Gasteiger partial charge in [-0.2, -0.15) is 26.3 Å². The lowest BCUT2D eigenvalue weighted by Crippen LogP contribution is -2.14. The van der Waals surface area contributed by atoms with Crippen LogP contribution < -0.4 is 0 Å². The van der Waals surface area contributed by atoms with Gasteiger partial charge in [0.1, 0.15) is 0 Å². The van der Waals surface area contributed by atoms with E-state index >= 15 is 0 Å². The number of thiazole rings is 1. The topological polar surface area (TPSA) is 12.9 Å². The summed E-state index contributed by atoms with van der Waals surface area (Å²) in [6, 6.07) is 2.03. The SMILES string of the molecule is CC(C)c1nc(-c2c(C(F)(F)F)cccc2C(F)(F)F)cs1. The van der Waals surface area contributed by atoms with Crippen LogP contribution in [0.5, 0.6) is 0 Å². The van der Waals surface area contributed by atoms with Gasteiger partial charge in [-0.25, -0.2) is 4.98 Å². The van der Waals surface area contributed by atoms with Gasteiger partial charge < -0.3 is 0 Å². The first-order valence-electron chi connectivity index (χ1n) is 6.25. The van der Waals surface area contributed by atoms with Gasteiger partial charge in [0.05, 0.1) is 21.8 Å². The molecule has 1 aromatic heterocycles. The molecule has 0 N–H and O–H groups in total. The van der Waals surface area contributed by atoms with Gasteiger partial charge in [-0.15, -0.1) is 11.3 Å². The average molecular weight is 339 g/mol. The Morgan fingerprint density at radius 2 is 1.45 bits per heavy atom. The summed E-state index contributed by atoms with van der Waals surface area (Å²) in [6.45, 7) is 3.53. The zero-order chi connectivity index (χ0) is 16.7. The highest BCUT2D eigenvalue weighted by Crippen LogP contribution is 2.44. The van der Waals surface area contributed by atoms with Gasteiger partial charge in [0.25, 0.3) is 0 Å². The fraction of sp³-hybridized carbons (Fsp3) is 0.357. The minimum atomic E-state index is -4.89. The third-order valence-electron chi connectivity index (χ3n) is 2.95. The number of alkyl halides is 6. The van der Waals surface area contributed by atoms with Crippen LogP contribution in [0.3, 0.4) is 0 Å². The highest BCUT2D eigenvalue weighted by Gasteiger charge is 2.41. The summed E-state index contributed by atoms with van der Waals surface area (Å²) >= 11 is 1.05. The fourth-order valence-electron chi connectivity index (χ4n) is 1.97. The van der Waals surface area contributed by atoms with Crippen molar-refractivity contribution in [2.24, 2.45) is 0 Å². The van der Waals surface area contributed by atoms with E-state index in [1.807, 2.05) is 0 Å². The van der Waals surface area contributed by atoms with Crippen LogP contribution in [0.15, 0.2) is 23.6 Å². The molecule has 0 aliphatic carbocycles. The van der Waals surface area contributed by atoms with Crippen LogP contribution in [0.25, 0.3) is 11.3 Å². The van der Waals surface area contributed by atoms with Crippen molar-refractivity contribution in [3.8, 4) is 11.3 Å². The van der Waals surface area contributed by atoms with Gasteiger partial charge in [-0.1, -0.05) is 19.9 Å². The minimum absolute atomic E-state index is 0.0777. The molecule has 0 aliphatic rings. The molecule has 0 atom stereocenters. The maximum absolute atomic E-state index is 13.1. The van der Waals surface area contributed by atoms with Crippen molar-refractivity contribution in [1.29, 1.82) is 0 Å². The van der Waals surface area contributed by atoms with Crippen LogP contribution >= 0.6 is 11.3 Å². The third kappa shape index (κ3) is 3.26. The fourth-order valence-corrected chi connectivity index (χ4v) is 2.79. The first-order valence-corrected chi connectivity index (χ1v) is 7.13. The summed E-state index contributed by atoms with van der Waals surface area (Å²) < 4.78 is 78.5. The number of aromatic nitrogens is 1. The van der Waals surface area contributed by atoms with Crippen molar-refractivity contribution in [3.05, 3.63) is 39.7 Å². The zero-order valence-corrected chi connectivity index (χ0v) is 12.3. The summed E-state index contributed by atoms with van der Waals surface area (Å²) in [5, 5.41) is 1.72. The maximum Gasteiger partial charge on any atom is 0.417 e. The van der Waals surface area contributed by atoms with Crippen molar-refractivity contribution in [3.63, 3.8) is 0 Å². The lowest BCUT2D eigenvalue weighted by Gasteiger charge is -2.17. The van der Waals surface area contributed by atoms with Crippen molar-refractivity contribution in [2.45, 2.75) is 32.1 Å². The highest BCUT2D eigenvalue weighted by atomic mass is 32.1. The van der Waals surface area contributed by atoms with Crippen LogP contribution in [-0.2, 0) is 12.4 Å². The predicted molar refractivity (Wildman–Crippen MR) is 71.6 cm³/mol. The van der Waals surface area contributed by atoms with Gasteiger partial charge in [0.15, 0.2) is 0 Å². The molecule has 2 aromatic rings. The van der Waals surface area contributed by atoms with E-state index in [-0.39, 0.29) is 11.6 Å². The van der Waals surface area contributed by atoms with Crippen LogP contribution in [0.2, 0.25) is 0 Å². The van der Waals surface area contributed by atoms with E-state index in [0.29, 0.717) is 17.1 Å². The Labute approximate surface area is 126 Å². The predicted octanol–water partition coefficient (Wildman–Crippen LogP) is 5.97. The number of hydrogen-bond acceptors (Lipinski definition) is 2. The van der Waals surface area contributed by atoms with E-state index in [0.717, 1.165) is 17.4 Å². The lowest BCUT2D eigenvalue weighted by atomic mass is 9.98. The van der Waals surface area contributed by atoms with Crippen LogP contribution in [0.1, 0.15) is 35.9 Å². The Balaban J connectivity index is 2.74. The van der Waals surface area contributed by atoms with Gasteiger partial charge in [-0.3, -0.25) is 0 Å². The molecule has 1 heterocycles. The molecule has 22 heavy (non-hydrogen) atoms. The van der Waals surface area contributed by atoms with E-state index < -0.39 is 29.0 Å². The Kier molecular flexibility index (Phi) is 4.25. The number of benzene rings is 1. The van der Waals surface area contributed by atoms with E-state index in [1.165, 1.54) is 5.38 Å². The van der Waals surface area contributed by atoms with Gasteiger partial charge in [0.2, 0.25) is 0 Å². The second-order valence-corrected chi connectivity index (χ2v) is 5.84. The molecule has 0 unspecified atom stereocenters. The average Bonchev–Trinajstić information content (AvgIpc) is 2.85. The summed E-state index contributed by atoms with van der Waals surface area (Å²) in [7, 11) is 0. The molecule has 0 fully saturated rings. The highest BCUT2D eigenvalue weighted by molar-refractivity contribution is 7.10. The van der Waals surface area contributed by atoms with Crippen molar-refractivity contribution in [2.75, 3.05) is 0 Å². The maximum atomic E-state index is 13.1. The normalized spacial score (nSPS) is 13.0. The molecule has 0 bridgehead atoms. The minimum Gasteiger partial charge on any atom is -0.241 e. The second kappa shape index (κ2) is 5.57. The third-order valence-corrected chi connectivity index (χ3v) is 4.09. The molecule has 0 amide bonds. The summed E-state index contributed by atoms with van der Waals surface area (Å²) in [5.74, 6) is -0.0777. The van der Waals surface area contributed by atoms with E-state index in [4.69, 9.17) is 0 Å². The van der Waals surface area contributed by atoms with Gasteiger partial charge in [0, 0.05) is 16.9 Å². The second-order valence-electron chi connectivity index (χ2n) is 4.95. The van der Waals surface area contributed by atoms with Crippen molar-refractivity contribution >= 4 is 11.3 Å². The first-order chi connectivity index (χ1) is 10.0. The molecular formula is C14H11F6NS. The Bertz CT molecular complexity index is 636. The Morgan fingerprint density at radius 1 is 0.955 bits per heavy atom. The van der Waals surface area contributed by atoms with Crippen LogP contribution in [0.4, 0.5) is 26.3 Å². The number of rotatable bonds is 2. The number of halogens is 6. The van der Waals surface area contributed by atoms with Gasteiger partial charge in [-0.05, 0) is 12.1 Å². The molecule has 0 spiro atoms. The Morgan fingerprint density at radius 3 is 1.82 bits per heavy atom. The van der Waals surface area contributed by atoms with Crippen molar-refractivity contribution < 1.29 is 26.3 Å². The summed E-state index contributed by atoms with van der Waals surface area (Å²) in [4.78, 5) is 3.95. The molecule has 0 saturated heterocycles. The largest absolute Gasteiger partial charge is 0.417 e. The molecule has 2 rings (SSSR count). The van der Waals surface area contributed by atoms with Crippen LogP contribution in [0, 0.1) is 0 Å². The molecule has 1 nitrogen and oxygen atoms in total. The lowest BCUT2D eigenvalue weighted by molar-refractivity contribution is -0.142. The molecule has 1 aromatic carbocycles. The molecule has 120 valence electrons. The summed E-state index contributed by atoms with van der Waals surface area (Å²) in [6.07, 6.45) is -9.78. The quantitative estimate of drug-likeness (QED) is 0.614. The van der Waals surface area contributed by atoms with Crippen molar-refractivity contribution in [1.82, 2.24) is 4.98 Å². The summed E-state index contributed by atoms with van der Waals surface area (Å²) in [5.41, 5.74) is -3.87. The zero-order valence-electron chi connectivity index (χ0n) is 11.5. The van der Waals surface area contributed by atoms with E-state index in [2.05, 4.69) is 4.98 Å². The molecular weight excluding hydrogens is 328 g/mol. The van der Waals surface area contributed by atoms with E-state index in [9.17, 15) is 26.3 Å². The molecule has 0 aliphatic heterocycles. The smallest absolute Gasteiger partial charge is 0.241 e. The molecule has 0 radical (unpaired) electrons. The van der Waals surface area contributed by atoms with E-state index in [1.54, 1.807) is 13.8 Å². The number of hydrogen-bond donors (Lipinski definition) is 0. The molecule has 0 saturated carbocycles. The Hall–Kier alpha value is -1.57. The van der Waals surface area contributed by atoms with Gasteiger partial charge >= 0.3 is 12.4 Å². The standard InChI is InChI=1S/C14H11F6NS/c1-7(2)12-21-10(6-22-12)11-8(13(15,16)17)4-3-5-9(11)14(18,19)20/h3-7H,1-2H3. The monoisotopic (exact) mass is 339 g/mol.